The van der Waals surface area contributed by atoms with Crippen molar-refractivity contribution in [2.24, 2.45) is 4.99 Å². The molecule has 1 fully saturated rings. The number of hydrogen-bond acceptors (Lipinski definition) is 7. The van der Waals surface area contributed by atoms with Crippen LogP contribution in [0.2, 0.25) is 0 Å². The van der Waals surface area contributed by atoms with Crippen LogP contribution in [0.1, 0.15) is 29.2 Å². The quantitative estimate of drug-likeness (QED) is 0.345. The highest BCUT2D eigenvalue weighted by molar-refractivity contribution is 8.19. The first-order valence-electron chi connectivity index (χ1n) is 12.3. The Morgan fingerprint density at radius 3 is 2.53 bits per heavy atom. The van der Waals surface area contributed by atoms with Gasteiger partial charge in [0.2, 0.25) is 0 Å². The first kappa shape index (κ1) is 25.7. The maximum absolute atomic E-state index is 13.9. The molecule has 0 saturated carbocycles. The van der Waals surface area contributed by atoms with E-state index < -0.39 is 0 Å². The summed E-state index contributed by atoms with van der Waals surface area (Å²) in [5.74, 6) is -0.0769. The van der Waals surface area contributed by atoms with Crippen molar-refractivity contribution in [1.82, 2.24) is 9.80 Å². The van der Waals surface area contributed by atoms with Crippen molar-refractivity contribution >= 4 is 51.7 Å². The Morgan fingerprint density at radius 1 is 1.05 bits per heavy atom. The van der Waals surface area contributed by atoms with Crippen molar-refractivity contribution in [2.75, 3.05) is 18.9 Å². The Bertz CT molecular complexity index is 1500. The first-order valence-corrected chi connectivity index (χ1v) is 14.0. The Morgan fingerprint density at radius 2 is 1.82 bits per heavy atom. The minimum absolute atomic E-state index is 0.0769. The van der Waals surface area contributed by atoms with Crippen molar-refractivity contribution in [2.45, 2.75) is 20.4 Å². The van der Waals surface area contributed by atoms with Crippen LogP contribution in [0, 0.1) is 18.3 Å². The van der Waals surface area contributed by atoms with Gasteiger partial charge in [0.05, 0.1) is 40.3 Å². The smallest absolute Gasteiger partial charge is 0.269 e. The number of carbonyl (C=O) groups excluding carboxylic acids is 1. The Hall–Kier alpha value is -3.93. The van der Waals surface area contributed by atoms with E-state index in [-0.39, 0.29) is 5.91 Å². The van der Waals surface area contributed by atoms with Gasteiger partial charge in [-0.1, -0.05) is 71.9 Å². The predicted octanol–water partition coefficient (Wildman–Crippen LogP) is 6.91. The summed E-state index contributed by atoms with van der Waals surface area (Å²) in [6, 6.07) is 25.9. The summed E-state index contributed by atoms with van der Waals surface area (Å²) in [7, 11) is 2.00. The fourth-order valence-corrected chi connectivity index (χ4v) is 6.47. The lowest BCUT2D eigenvalue weighted by Gasteiger charge is -2.19. The molecule has 0 atom stereocenters. The predicted molar refractivity (Wildman–Crippen MR) is 159 cm³/mol. The molecule has 38 heavy (non-hydrogen) atoms. The largest absolute Gasteiger partial charge is 0.384 e. The lowest BCUT2D eigenvalue weighted by atomic mass is 10.1. The highest BCUT2D eigenvalue weighted by Gasteiger charge is 2.38. The van der Waals surface area contributed by atoms with E-state index in [0.717, 1.165) is 27.5 Å². The van der Waals surface area contributed by atoms with Crippen molar-refractivity contribution in [3.8, 4) is 6.07 Å². The van der Waals surface area contributed by atoms with Crippen LogP contribution in [0.15, 0.2) is 93.1 Å². The van der Waals surface area contributed by atoms with E-state index in [2.05, 4.69) is 52.9 Å². The second-order valence-electron chi connectivity index (χ2n) is 8.93. The number of nitrogens with zero attached hydrogens (tertiary/aromatic N) is 4. The number of hydrogen-bond donors (Lipinski definition) is 1. The molecular formula is C30H27N5OS2. The molecule has 3 aromatic rings. The Kier molecular flexibility index (Phi) is 7.59. The third-order valence-corrected chi connectivity index (χ3v) is 8.48. The van der Waals surface area contributed by atoms with E-state index >= 15 is 0 Å². The van der Waals surface area contributed by atoms with E-state index in [1.54, 1.807) is 28.8 Å². The molecule has 1 N–H and O–H groups in total. The molecule has 1 amide bonds. The molecule has 3 aromatic carbocycles. The third kappa shape index (κ3) is 5.21. The van der Waals surface area contributed by atoms with Crippen LogP contribution in [0.25, 0.3) is 5.70 Å². The first-order chi connectivity index (χ1) is 18.5. The van der Waals surface area contributed by atoms with E-state index in [4.69, 9.17) is 4.99 Å². The summed E-state index contributed by atoms with van der Waals surface area (Å²) in [4.78, 5) is 23.3. The fourth-order valence-electron chi connectivity index (χ4n) is 4.23. The molecule has 1 saturated heterocycles. The molecule has 0 aliphatic carbocycles. The molecule has 0 bridgehead atoms. The van der Waals surface area contributed by atoms with Gasteiger partial charge in [-0.3, -0.25) is 9.69 Å². The van der Waals surface area contributed by atoms with Gasteiger partial charge in [-0.15, -0.1) is 0 Å². The van der Waals surface area contributed by atoms with Gasteiger partial charge in [-0.05, 0) is 54.9 Å². The number of nitriles is 1. The standard InChI is InChI=1S/C30H27N5OS2/c1-4-32-24-15-12-22(17-31)16-25(24)33-30-35(18-21-8-6-5-7-9-21)28(36)27(38-30)29-34(3)26(19-37-29)23-13-10-20(2)11-14-23/h5-16,19,32H,4,18H2,1-3H3/b29-27-,33-30+. The topological polar surface area (TPSA) is 71.7 Å². The summed E-state index contributed by atoms with van der Waals surface area (Å²) in [5.41, 5.74) is 6.37. The maximum Gasteiger partial charge on any atom is 0.269 e. The van der Waals surface area contributed by atoms with Gasteiger partial charge < -0.3 is 10.2 Å². The SMILES string of the molecule is CCNc1ccc(C#N)cc1/N=C1/S/C(=C2\SC=C(c3ccc(C)cc3)N2C)C(=O)N1Cc1ccccc1. The number of anilines is 1. The average molecular weight is 538 g/mol. The van der Waals surface area contributed by atoms with Crippen LogP contribution in [0.5, 0.6) is 0 Å². The third-order valence-electron chi connectivity index (χ3n) is 6.25. The van der Waals surface area contributed by atoms with E-state index in [9.17, 15) is 10.1 Å². The zero-order chi connectivity index (χ0) is 26.6. The van der Waals surface area contributed by atoms with Gasteiger partial charge in [-0.2, -0.15) is 5.26 Å². The monoisotopic (exact) mass is 537 g/mol. The molecule has 0 radical (unpaired) electrons. The summed E-state index contributed by atoms with van der Waals surface area (Å²) in [6.45, 7) is 5.21. The zero-order valence-corrected chi connectivity index (χ0v) is 23.1. The summed E-state index contributed by atoms with van der Waals surface area (Å²) in [6.07, 6.45) is 0. The zero-order valence-electron chi connectivity index (χ0n) is 21.4. The normalized spacial score (nSPS) is 18.2. The van der Waals surface area contributed by atoms with Crippen LogP contribution < -0.4 is 5.32 Å². The van der Waals surface area contributed by atoms with Crippen LogP contribution in [0.4, 0.5) is 11.4 Å². The molecule has 0 unspecified atom stereocenters. The Balaban J connectivity index is 1.55. The summed E-state index contributed by atoms with van der Waals surface area (Å²) < 4.78 is 0. The minimum Gasteiger partial charge on any atom is -0.384 e. The molecule has 0 aromatic heterocycles. The fraction of sp³-hybridized carbons (Fsp3) is 0.167. The van der Waals surface area contributed by atoms with Gasteiger partial charge in [0, 0.05) is 19.0 Å². The maximum atomic E-state index is 13.9. The minimum atomic E-state index is -0.0769. The van der Waals surface area contributed by atoms with Crippen LogP contribution in [-0.2, 0) is 11.3 Å². The number of nitrogens with one attached hydrogen (secondary N) is 1. The molecular weight excluding hydrogens is 510 g/mol. The molecule has 2 aliphatic heterocycles. The van der Waals surface area contributed by atoms with Crippen molar-refractivity contribution in [3.63, 3.8) is 0 Å². The number of aryl methyl sites for hydroxylation is 1. The van der Waals surface area contributed by atoms with Crippen molar-refractivity contribution < 1.29 is 4.79 Å². The van der Waals surface area contributed by atoms with E-state index in [0.29, 0.717) is 34.4 Å². The van der Waals surface area contributed by atoms with Gasteiger partial charge >= 0.3 is 0 Å². The lowest BCUT2D eigenvalue weighted by Crippen LogP contribution is -2.29. The summed E-state index contributed by atoms with van der Waals surface area (Å²) in [5, 5.41) is 16.4. The number of amidine groups is 1. The van der Waals surface area contributed by atoms with Crippen molar-refractivity contribution in [1.29, 1.82) is 5.26 Å². The molecule has 8 heteroatoms. The van der Waals surface area contributed by atoms with Crippen molar-refractivity contribution in [3.05, 3.63) is 110 Å². The van der Waals surface area contributed by atoms with Gasteiger partial charge in [0.15, 0.2) is 5.17 Å². The van der Waals surface area contributed by atoms with E-state index in [1.165, 1.54) is 17.3 Å². The highest BCUT2D eigenvalue weighted by Crippen LogP contribution is 2.46. The molecule has 190 valence electrons. The molecule has 0 spiro atoms. The van der Waals surface area contributed by atoms with Gasteiger partial charge in [0.1, 0.15) is 4.91 Å². The number of benzene rings is 3. The molecule has 2 aliphatic rings. The summed E-state index contributed by atoms with van der Waals surface area (Å²) >= 11 is 2.94. The second-order valence-corrected chi connectivity index (χ2v) is 10.8. The molecule has 2 heterocycles. The van der Waals surface area contributed by atoms with Gasteiger partial charge in [0.25, 0.3) is 5.91 Å². The number of aliphatic imine (C=N–C) groups is 1. The highest BCUT2D eigenvalue weighted by atomic mass is 32.2. The number of carbonyl (C=O) groups is 1. The van der Waals surface area contributed by atoms with Crippen LogP contribution in [-0.4, -0.2) is 34.5 Å². The number of rotatable bonds is 6. The van der Waals surface area contributed by atoms with Gasteiger partial charge in [-0.25, -0.2) is 4.99 Å². The number of thioether (sulfide) groups is 2. The second kappa shape index (κ2) is 11.2. The lowest BCUT2D eigenvalue weighted by molar-refractivity contribution is -0.122. The Labute approximate surface area is 231 Å². The van der Waals surface area contributed by atoms with Crippen LogP contribution >= 0.6 is 23.5 Å². The number of amides is 1. The molecule has 5 rings (SSSR count). The molecule has 6 nitrogen and oxygen atoms in total. The average Bonchev–Trinajstić information content (AvgIpc) is 3.45. The van der Waals surface area contributed by atoms with Crippen LogP contribution in [0.3, 0.4) is 0 Å². The van der Waals surface area contributed by atoms with E-state index in [1.807, 2.05) is 50.4 Å².